The van der Waals surface area contributed by atoms with Gasteiger partial charge in [0.1, 0.15) is 18.2 Å². The fourth-order valence-electron chi connectivity index (χ4n) is 1.71. The molecule has 21 heavy (non-hydrogen) atoms. The van der Waals surface area contributed by atoms with E-state index in [-0.39, 0.29) is 34.2 Å². The number of nitro groups is 1. The molecule has 0 heterocycles. The highest BCUT2D eigenvalue weighted by molar-refractivity contribution is 6.31. The number of carbonyl (C=O) groups is 1. The smallest absolute Gasteiger partial charge is 0.280 e. The van der Waals surface area contributed by atoms with E-state index in [1.165, 1.54) is 30.3 Å². The van der Waals surface area contributed by atoms with Crippen LogP contribution in [-0.4, -0.2) is 11.2 Å². The van der Waals surface area contributed by atoms with Crippen molar-refractivity contribution in [2.24, 2.45) is 0 Å². The largest absolute Gasteiger partial charge is 0.489 e. The summed E-state index contributed by atoms with van der Waals surface area (Å²) in [6.07, 6.45) is 0.362. The third-order valence-corrected chi connectivity index (χ3v) is 3.12. The van der Waals surface area contributed by atoms with Gasteiger partial charge in [0.05, 0.1) is 15.5 Å². The van der Waals surface area contributed by atoms with Crippen LogP contribution in [0.2, 0.25) is 5.02 Å². The molecule has 0 saturated heterocycles. The van der Waals surface area contributed by atoms with Crippen LogP contribution in [0.5, 0.6) is 5.75 Å². The lowest BCUT2D eigenvalue weighted by Gasteiger charge is -2.09. The van der Waals surface area contributed by atoms with Crippen LogP contribution in [0.1, 0.15) is 15.9 Å². The Labute approximate surface area is 124 Å². The van der Waals surface area contributed by atoms with Gasteiger partial charge in [-0.25, -0.2) is 4.39 Å². The van der Waals surface area contributed by atoms with Crippen molar-refractivity contribution in [1.29, 1.82) is 0 Å². The number of nitro benzene ring substituents is 1. The first-order valence-electron chi connectivity index (χ1n) is 5.82. The molecular weight excluding hydrogens is 301 g/mol. The fraction of sp³-hybridized carbons (Fsp3) is 0.0714. The van der Waals surface area contributed by atoms with Crippen molar-refractivity contribution < 1.29 is 18.8 Å². The fourth-order valence-corrected chi connectivity index (χ4v) is 1.93. The van der Waals surface area contributed by atoms with Crippen molar-refractivity contribution in [2.45, 2.75) is 6.61 Å². The monoisotopic (exact) mass is 309 g/mol. The van der Waals surface area contributed by atoms with Crippen LogP contribution in [0.25, 0.3) is 0 Å². The van der Waals surface area contributed by atoms with Gasteiger partial charge in [0.15, 0.2) is 6.29 Å². The molecular formula is C14H9ClFNO4. The van der Waals surface area contributed by atoms with Gasteiger partial charge in [-0.2, -0.15) is 0 Å². The maximum Gasteiger partial charge on any atom is 0.280 e. The molecule has 0 spiro atoms. The van der Waals surface area contributed by atoms with E-state index >= 15 is 0 Å². The van der Waals surface area contributed by atoms with E-state index in [0.29, 0.717) is 6.29 Å². The lowest BCUT2D eigenvalue weighted by molar-refractivity contribution is -0.385. The van der Waals surface area contributed by atoms with E-state index in [0.717, 1.165) is 6.07 Å². The Morgan fingerprint density at radius 2 is 2.10 bits per heavy atom. The maximum absolute atomic E-state index is 13.6. The van der Waals surface area contributed by atoms with Crippen LogP contribution in [0, 0.1) is 15.9 Å². The highest BCUT2D eigenvalue weighted by atomic mass is 35.5. The lowest BCUT2D eigenvalue weighted by Crippen LogP contribution is -2.01. The SMILES string of the molecule is O=Cc1cc(OCc2c(F)cccc2Cl)ccc1[N+](=O)[O-]. The van der Waals surface area contributed by atoms with Gasteiger partial charge in [0, 0.05) is 11.6 Å². The van der Waals surface area contributed by atoms with E-state index in [2.05, 4.69) is 0 Å². The Bertz CT molecular complexity index is 685. The number of hydrogen-bond donors (Lipinski definition) is 0. The number of ether oxygens (including phenoxy) is 1. The van der Waals surface area contributed by atoms with Gasteiger partial charge in [-0.15, -0.1) is 0 Å². The topological polar surface area (TPSA) is 69.4 Å². The van der Waals surface area contributed by atoms with Crippen LogP contribution in [-0.2, 0) is 6.61 Å². The predicted molar refractivity (Wildman–Crippen MR) is 74.2 cm³/mol. The molecule has 5 nitrogen and oxygen atoms in total. The average molecular weight is 310 g/mol. The molecule has 0 fully saturated rings. The second-order valence-electron chi connectivity index (χ2n) is 4.08. The molecule has 0 radical (unpaired) electrons. The van der Waals surface area contributed by atoms with Gasteiger partial charge in [0.2, 0.25) is 0 Å². The van der Waals surface area contributed by atoms with Crippen molar-refractivity contribution in [2.75, 3.05) is 0 Å². The zero-order valence-electron chi connectivity index (χ0n) is 10.6. The van der Waals surface area contributed by atoms with E-state index in [4.69, 9.17) is 16.3 Å². The summed E-state index contributed by atoms with van der Waals surface area (Å²) in [4.78, 5) is 20.9. The average Bonchev–Trinajstić information content (AvgIpc) is 2.46. The Morgan fingerprint density at radius 1 is 1.33 bits per heavy atom. The summed E-state index contributed by atoms with van der Waals surface area (Å²) in [5.41, 5.74) is -0.261. The highest BCUT2D eigenvalue weighted by Crippen LogP contribution is 2.25. The maximum atomic E-state index is 13.6. The second kappa shape index (κ2) is 6.32. The molecule has 0 aliphatic carbocycles. The Balaban J connectivity index is 2.21. The highest BCUT2D eigenvalue weighted by Gasteiger charge is 2.14. The number of carbonyl (C=O) groups excluding carboxylic acids is 1. The van der Waals surface area contributed by atoms with Crippen molar-refractivity contribution in [3.8, 4) is 5.75 Å². The Hall–Kier alpha value is -2.47. The zero-order chi connectivity index (χ0) is 15.4. The molecule has 2 aromatic carbocycles. The van der Waals surface area contributed by atoms with E-state index in [1.54, 1.807) is 0 Å². The number of rotatable bonds is 5. The van der Waals surface area contributed by atoms with Crippen LogP contribution in [0.4, 0.5) is 10.1 Å². The molecule has 0 unspecified atom stereocenters. The molecule has 0 aliphatic heterocycles. The van der Waals surface area contributed by atoms with Gasteiger partial charge < -0.3 is 4.74 Å². The van der Waals surface area contributed by atoms with Crippen LogP contribution in [0.15, 0.2) is 36.4 Å². The molecule has 0 aromatic heterocycles. The van der Waals surface area contributed by atoms with Gasteiger partial charge in [-0.05, 0) is 24.3 Å². The molecule has 0 bridgehead atoms. The minimum Gasteiger partial charge on any atom is -0.489 e. The molecule has 0 N–H and O–H groups in total. The van der Waals surface area contributed by atoms with Crippen LogP contribution in [0.3, 0.4) is 0 Å². The molecule has 2 rings (SSSR count). The molecule has 7 heteroatoms. The van der Waals surface area contributed by atoms with E-state index < -0.39 is 10.7 Å². The number of nitrogens with zero attached hydrogens (tertiary/aromatic N) is 1. The lowest BCUT2D eigenvalue weighted by atomic mass is 10.2. The molecule has 108 valence electrons. The standard InChI is InChI=1S/C14H9ClFNO4/c15-12-2-1-3-13(16)11(12)8-21-10-4-5-14(17(19)20)9(6-10)7-18/h1-7H,8H2. The van der Waals surface area contributed by atoms with E-state index in [1.807, 2.05) is 0 Å². The first kappa shape index (κ1) is 14.9. The minimum absolute atomic E-state index is 0.114. The third kappa shape index (κ3) is 3.35. The predicted octanol–water partition coefficient (Wildman–Crippen LogP) is 3.78. The normalized spacial score (nSPS) is 10.2. The van der Waals surface area contributed by atoms with Gasteiger partial charge in [-0.3, -0.25) is 14.9 Å². The number of aldehydes is 1. The van der Waals surface area contributed by atoms with Crippen molar-refractivity contribution in [3.63, 3.8) is 0 Å². The molecule has 0 saturated carbocycles. The zero-order valence-corrected chi connectivity index (χ0v) is 11.3. The summed E-state index contributed by atoms with van der Waals surface area (Å²) in [6, 6.07) is 7.95. The first-order chi connectivity index (χ1) is 10.0. The Morgan fingerprint density at radius 3 is 2.71 bits per heavy atom. The quantitative estimate of drug-likeness (QED) is 0.479. The summed E-state index contributed by atoms with van der Waals surface area (Å²) in [7, 11) is 0. The van der Waals surface area contributed by atoms with Crippen molar-refractivity contribution >= 4 is 23.6 Å². The summed E-state index contributed by atoms with van der Waals surface area (Å²) < 4.78 is 18.9. The van der Waals surface area contributed by atoms with Gasteiger partial charge in [0.25, 0.3) is 5.69 Å². The Kier molecular flexibility index (Phi) is 4.49. The van der Waals surface area contributed by atoms with Gasteiger partial charge >= 0.3 is 0 Å². The number of halogens is 2. The third-order valence-electron chi connectivity index (χ3n) is 2.77. The van der Waals surface area contributed by atoms with Crippen LogP contribution >= 0.6 is 11.6 Å². The summed E-state index contributed by atoms with van der Waals surface area (Å²) in [6.45, 7) is -0.151. The van der Waals surface area contributed by atoms with Crippen molar-refractivity contribution in [1.82, 2.24) is 0 Å². The summed E-state index contributed by atoms with van der Waals surface area (Å²) in [5.74, 6) is -0.304. The van der Waals surface area contributed by atoms with E-state index in [9.17, 15) is 19.3 Å². The van der Waals surface area contributed by atoms with Crippen LogP contribution < -0.4 is 4.74 Å². The summed E-state index contributed by atoms with van der Waals surface area (Å²) in [5, 5.41) is 10.9. The number of hydrogen-bond acceptors (Lipinski definition) is 4. The molecule has 0 atom stereocenters. The molecule has 2 aromatic rings. The number of benzene rings is 2. The molecule has 0 amide bonds. The van der Waals surface area contributed by atoms with Gasteiger partial charge in [-0.1, -0.05) is 17.7 Å². The summed E-state index contributed by atoms with van der Waals surface area (Å²) >= 11 is 5.86. The second-order valence-corrected chi connectivity index (χ2v) is 4.49. The minimum atomic E-state index is -0.665. The first-order valence-corrected chi connectivity index (χ1v) is 6.20. The molecule has 0 aliphatic rings. The van der Waals surface area contributed by atoms with Crippen molar-refractivity contribution in [3.05, 3.63) is 68.5 Å².